The van der Waals surface area contributed by atoms with Gasteiger partial charge in [-0.25, -0.2) is 13.8 Å². The highest BCUT2D eigenvalue weighted by molar-refractivity contribution is 9.10. The van der Waals surface area contributed by atoms with Crippen molar-refractivity contribution in [2.45, 2.75) is 0 Å². The van der Waals surface area contributed by atoms with E-state index in [-0.39, 0.29) is 5.56 Å². The molecule has 0 amide bonds. The molecule has 0 saturated heterocycles. The lowest BCUT2D eigenvalue weighted by Gasteiger charge is -1.97. The van der Waals surface area contributed by atoms with Crippen molar-refractivity contribution in [1.29, 1.82) is 0 Å². The Kier molecular flexibility index (Phi) is 2.56. The Morgan fingerprint density at radius 1 is 1.29 bits per heavy atom. The van der Waals surface area contributed by atoms with Gasteiger partial charge in [0.05, 0.1) is 5.56 Å². The van der Waals surface area contributed by atoms with Crippen LogP contribution < -0.4 is 0 Å². The highest BCUT2D eigenvalue weighted by Gasteiger charge is 2.12. The van der Waals surface area contributed by atoms with Crippen molar-refractivity contribution in [3.05, 3.63) is 34.6 Å². The summed E-state index contributed by atoms with van der Waals surface area (Å²) in [7, 11) is 0. The molecule has 1 aromatic heterocycles. The topological polar surface area (TPSA) is 25.8 Å². The average molecular weight is 277 g/mol. The van der Waals surface area contributed by atoms with Gasteiger partial charge in [-0.3, -0.25) is 0 Å². The number of nitrogens with zero attached hydrogens (tertiary/aromatic N) is 2. The third-order valence-corrected chi connectivity index (χ3v) is 2.92. The summed E-state index contributed by atoms with van der Waals surface area (Å²) in [4.78, 5) is 3.90. The molecule has 2 nitrogen and oxygen atoms in total. The van der Waals surface area contributed by atoms with Gasteiger partial charge in [0.2, 0.25) is 4.73 Å². The van der Waals surface area contributed by atoms with Gasteiger partial charge in [0.1, 0.15) is 5.01 Å². The van der Waals surface area contributed by atoms with Crippen LogP contribution in [0.2, 0.25) is 0 Å². The number of benzene rings is 1. The highest BCUT2D eigenvalue weighted by Crippen LogP contribution is 2.26. The fourth-order valence-electron chi connectivity index (χ4n) is 0.984. The summed E-state index contributed by atoms with van der Waals surface area (Å²) < 4.78 is 30.3. The van der Waals surface area contributed by atoms with E-state index in [2.05, 4.69) is 25.3 Å². The van der Waals surface area contributed by atoms with Gasteiger partial charge in [-0.05, 0) is 39.6 Å². The Labute approximate surface area is 90.9 Å². The van der Waals surface area contributed by atoms with E-state index >= 15 is 0 Å². The Balaban J connectivity index is 2.57. The van der Waals surface area contributed by atoms with E-state index in [9.17, 15) is 8.78 Å². The summed E-state index contributed by atoms with van der Waals surface area (Å²) in [5, 5.41) is 0.355. The molecule has 72 valence electrons. The largest absolute Gasteiger partial charge is 0.209 e. The molecule has 1 heterocycles. The van der Waals surface area contributed by atoms with Crippen molar-refractivity contribution in [2.24, 2.45) is 0 Å². The third-order valence-electron chi connectivity index (χ3n) is 1.58. The van der Waals surface area contributed by atoms with Crippen molar-refractivity contribution >= 4 is 27.5 Å². The summed E-state index contributed by atoms with van der Waals surface area (Å²) in [5.41, 5.74) is 0.133. The second-order valence-corrected chi connectivity index (χ2v) is 3.93. The van der Waals surface area contributed by atoms with Gasteiger partial charge < -0.3 is 0 Å². The van der Waals surface area contributed by atoms with Crippen molar-refractivity contribution < 1.29 is 8.78 Å². The predicted octanol–water partition coefficient (Wildman–Crippen LogP) is 3.25. The number of hydrogen-bond donors (Lipinski definition) is 0. The van der Waals surface area contributed by atoms with E-state index in [1.165, 1.54) is 12.1 Å². The zero-order chi connectivity index (χ0) is 10.1. The minimum atomic E-state index is -0.892. The van der Waals surface area contributed by atoms with Crippen LogP contribution in [0.15, 0.2) is 22.9 Å². The Hall–Kier alpha value is -0.880. The molecule has 0 unspecified atom stereocenters. The summed E-state index contributed by atoms with van der Waals surface area (Å²) in [6.45, 7) is 0. The number of hydrogen-bond acceptors (Lipinski definition) is 3. The van der Waals surface area contributed by atoms with Gasteiger partial charge in [-0.1, -0.05) is 6.07 Å². The molecule has 0 radical (unpaired) electrons. The second-order valence-electron chi connectivity index (χ2n) is 2.47. The minimum Gasteiger partial charge on any atom is -0.209 e. The van der Waals surface area contributed by atoms with Gasteiger partial charge in [-0.2, -0.15) is 4.37 Å². The summed E-state index contributed by atoms with van der Waals surface area (Å²) in [5.74, 6) is -1.77. The van der Waals surface area contributed by atoms with Gasteiger partial charge in [0.15, 0.2) is 11.6 Å². The lowest BCUT2D eigenvalue weighted by molar-refractivity contribution is 0.511. The normalized spacial score (nSPS) is 10.5. The first-order valence-corrected chi connectivity index (χ1v) is 5.18. The summed E-state index contributed by atoms with van der Waals surface area (Å²) >= 11 is 4.06. The van der Waals surface area contributed by atoms with Gasteiger partial charge in [0, 0.05) is 0 Å². The molecular formula is C8H3BrF2N2S. The first-order valence-electron chi connectivity index (χ1n) is 3.62. The molecule has 0 aliphatic heterocycles. The van der Waals surface area contributed by atoms with Crippen LogP contribution in [-0.2, 0) is 0 Å². The molecule has 14 heavy (non-hydrogen) atoms. The number of aromatic nitrogens is 2. The molecule has 2 aromatic rings. The minimum absolute atomic E-state index is 0.133. The maximum Gasteiger partial charge on any atom is 0.209 e. The van der Waals surface area contributed by atoms with Crippen LogP contribution in [0, 0.1) is 11.6 Å². The smallest absolute Gasteiger partial charge is 0.209 e. The second kappa shape index (κ2) is 3.70. The van der Waals surface area contributed by atoms with Crippen molar-refractivity contribution in [2.75, 3.05) is 0 Å². The maximum absolute atomic E-state index is 13.2. The Morgan fingerprint density at radius 3 is 2.71 bits per heavy atom. The first-order chi connectivity index (χ1) is 6.68. The zero-order valence-corrected chi connectivity index (χ0v) is 9.07. The molecule has 0 bridgehead atoms. The average Bonchev–Trinajstić information content (AvgIpc) is 2.57. The molecule has 0 aliphatic rings. The fraction of sp³-hybridized carbons (Fsp3) is 0. The quantitative estimate of drug-likeness (QED) is 0.799. The molecule has 0 fully saturated rings. The molecule has 0 spiro atoms. The summed E-state index contributed by atoms with van der Waals surface area (Å²) in [6.07, 6.45) is 0. The van der Waals surface area contributed by atoms with Crippen LogP contribution in [0.3, 0.4) is 0 Å². The first kappa shape index (κ1) is 9.67. The number of halogens is 3. The molecule has 0 aliphatic carbocycles. The summed E-state index contributed by atoms with van der Waals surface area (Å²) in [6, 6.07) is 3.96. The van der Waals surface area contributed by atoms with Crippen molar-refractivity contribution in [1.82, 2.24) is 9.36 Å². The van der Waals surface area contributed by atoms with Gasteiger partial charge >= 0.3 is 0 Å². The van der Waals surface area contributed by atoms with Crippen LogP contribution in [0.25, 0.3) is 10.6 Å². The van der Waals surface area contributed by atoms with E-state index in [0.29, 0.717) is 9.74 Å². The van der Waals surface area contributed by atoms with E-state index < -0.39 is 11.6 Å². The standard InChI is InChI=1S/C8H3BrF2N2S/c9-8-12-7(14-13-8)4-2-1-3-5(10)6(4)11/h1-3H. The number of rotatable bonds is 1. The molecule has 1 aromatic carbocycles. The van der Waals surface area contributed by atoms with Crippen LogP contribution in [-0.4, -0.2) is 9.36 Å². The van der Waals surface area contributed by atoms with Gasteiger partial charge in [-0.15, -0.1) is 0 Å². The molecule has 0 atom stereocenters. The maximum atomic E-state index is 13.2. The lowest BCUT2D eigenvalue weighted by Crippen LogP contribution is -1.87. The SMILES string of the molecule is Fc1cccc(-c2nc(Br)ns2)c1F. The third kappa shape index (κ3) is 1.67. The molecule has 2 rings (SSSR count). The van der Waals surface area contributed by atoms with E-state index in [1.807, 2.05) is 0 Å². The Bertz CT molecular complexity index is 472. The van der Waals surface area contributed by atoms with Crippen molar-refractivity contribution in [3.8, 4) is 10.6 Å². The highest BCUT2D eigenvalue weighted by atomic mass is 79.9. The van der Waals surface area contributed by atoms with Crippen LogP contribution in [0.4, 0.5) is 8.78 Å². The van der Waals surface area contributed by atoms with E-state index in [0.717, 1.165) is 17.6 Å². The lowest BCUT2D eigenvalue weighted by atomic mass is 10.2. The monoisotopic (exact) mass is 276 g/mol. The Morgan fingerprint density at radius 2 is 2.07 bits per heavy atom. The predicted molar refractivity (Wildman–Crippen MR) is 53.0 cm³/mol. The van der Waals surface area contributed by atoms with Crippen molar-refractivity contribution in [3.63, 3.8) is 0 Å². The molecule has 6 heteroatoms. The van der Waals surface area contributed by atoms with E-state index in [1.54, 1.807) is 0 Å². The molecule has 0 saturated carbocycles. The fourth-order valence-corrected chi connectivity index (χ4v) is 2.08. The van der Waals surface area contributed by atoms with Crippen LogP contribution >= 0.6 is 27.5 Å². The van der Waals surface area contributed by atoms with Gasteiger partial charge in [0.25, 0.3) is 0 Å². The van der Waals surface area contributed by atoms with Crippen LogP contribution in [0.1, 0.15) is 0 Å². The van der Waals surface area contributed by atoms with E-state index in [4.69, 9.17) is 0 Å². The molecular weight excluding hydrogens is 274 g/mol. The zero-order valence-electron chi connectivity index (χ0n) is 6.67. The molecule has 0 N–H and O–H groups in total. The van der Waals surface area contributed by atoms with Crippen LogP contribution in [0.5, 0.6) is 0 Å².